The molecule has 0 aliphatic rings. The molecule has 0 aromatic heterocycles. The highest BCUT2D eigenvalue weighted by Crippen LogP contribution is 2.27. The van der Waals surface area contributed by atoms with Crippen LogP contribution in [0.1, 0.15) is 16.7 Å². The van der Waals surface area contributed by atoms with Crippen LogP contribution in [-0.2, 0) is 13.2 Å². The zero-order valence-corrected chi connectivity index (χ0v) is 17.4. The third kappa shape index (κ3) is 5.15. The molecule has 154 valence electrons. The molecule has 0 atom stereocenters. The van der Waals surface area contributed by atoms with Crippen molar-refractivity contribution < 1.29 is 14.2 Å². The van der Waals surface area contributed by atoms with Gasteiger partial charge in [-0.2, -0.15) is 5.26 Å². The highest BCUT2D eigenvalue weighted by molar-refractivity contribution is 5.82. The number of benzene rings is 4. The topological polar surface area (TPSA) is 51.5 Å². The van der Waals surface area contributed by atoms with Crippen LogP contribution in [0.5, 0.6) is 17.2 Å². The summed E-state index contributed by atoms with van der Waals surface area (Å²) >= 11 is 0. The first-order valence-corrected chi connectivity index (χ1v) is 10.1. The first-order valence-electron chi connectivity index (χ1n) is 10.1. The number of fused-ring (bicyclic) bond motifs is 1. The van der Waals surface area contributed by atoms with Gasteiger partial charge in [-0.15, -0.1) is 0 Å². The lowest BCUT2D eigenvalue weighted by atomic mass is 10.1. The van der Waals surface area contributed by atoms with Crippen LogP contribution in [0.3, 0.4) is 0 Å². The maximum atomic E-state index is 8.81. The van der Waals surface area contributed by atoms with Crippen LogP contribution in [-0.4, -0.2) is 6.61 Å². The number of rotatable bonds is 8. The lowest BCUT2D eigenvalue weighted by Gasteiger charge is -2.14. The molecule has 0 saturated heterocycles. The van der Waals surface area contributed by atoms with E-state index >= 15 is 0 Å². The Hall–Kier alpha value is -3.97. The molecule has 0 N–H and O–H groups in total. The average molecular weight is 409 g/mol. The Kier molecular flexibility index (Phi) is 6.35. The second-order valence-corrected chi connectivity index (χ2v) is 7.24. The molecule has 4 aromatic carbocycles. The standard InChI is InChI=1S/C27H23NO3/c1-20-6-4-9-24(27(20)29-15-14-28)19-31-26-11-5-10-25(17-26)30-18-21-12-13-22-7-2-3-8-23(22)16-21/h2-13,16-17H,15,18-19H2,1H3. The van der Waals surface area contributed by atoms with E-state index in [1.807, 2.05) is 67.6 Å². The Morgan fingerprint density at radius 1 is 0.710 bits per heavy atom. The molecule has 0 aliphatic carbocycles. The fourth-order valence-electron chi connectivity index (χ4n) is 3.45. The minimum Gasteiger partial charge on any atom is -0.489 e. The summed E-state index contributed by atoms with van der Waals surface area (Å²) in [6.07, 6.45) is 0. The molecule has 0 saturated carbocycles. The first kappa shape index (κ1) is 20.3. The van der Waals surface area contributed by atoms with Gasteiger partial charge in [-0.3, -0.25) is 0 Å². The number of hydrogen-bond donors (Lipinski definition) is 0. The third-order valence-corrected chi connectivity index (χ3v) is 4.99. The van der Waals surface area contributed by atoms with Crippen molar-refractivity contribution in [2.45, 2.75) is 20.1 Å². The van der Waals surface area contributed by atoms with Gasteiger partial charge in [-0.25, -0.2) is 0 Å². The zero-order valence-electron chi connectivity index (χ0n) is 17.4. The molecule has 31 heavy (non-hydrogen) atoms. The number of nitrogens with zero attached hydrogens (tertiary/aromatic N) is 1. The van der Waals surface area contributed by atoms with Crippen molar-refractivity contribution in [2.75, 3.05) is 6.61 Å². The van der Waals surface area contributed by atoms with Crippen LogP contribution in [0.4, 0.5) is 0 Å². The molecule has 4 heteroatoms. The smallest absolute Gasteiger partial charge is 0.174 e. The molecule has 0 fully saturated rings. The van der Waals surface area contributed by atoms with E-state index < -0.39 is 0 Å². The molecular formula is C27H23NO3. The molecule has 4 nitrogen and oxygen atoms in total. The van der Waals surface area contributed by atoms with Crippen molar-refractivity contribution in [3.8, 4) is 23.3 Å². The minimum atomic E-state index is 0.00987. The molecule has 0 radical (unpaired) electrons. The van der Waals surface area contributed by atoms with Crippen LogP contribution in [0.15, 0.2) is 84.9 Å². The molecule has 0 amide bonds. The van der Waals surface area contributed by atoms with Gasteiger partial charge in [0.25, 0.3) is 0 Å². The van der Waals surface area contributed by atoms with Gasteiger partial charge in [-0.05, 0) is 47.0 Å². The van der Waals surface area contributed by atoms with Crippen LogP contribution in [0, 0.1) is 18.3 Å². The third-order valence-electron chi connectivity index (χ3n) is 4.99. The van der Waals surface area contributed by atoms with E-state index in [0.717, 1.165) is 22.4 Å². The molecule has 0 heterocycles. The van der Waals surface area contributed by atoms with Crippen molar-refractivity contribution in [1.82, 2.24) is 0 Å². The number of hydrogen-bond acceptors (Lipinski definition) is 4. The van der Waals surface area contributed by atoms with E-state index in [0.29, 0.717) is 24.7 Å². The predicted octanol–water partition coefficient (Wildman–Crippen LogP) is 6.21. The lowest BCUT2D eigenvalue weighted by Crippen LogP contribution is -2.03. The van der Waals surface area contributed by atoms with Crippen LogP contribution in [0.25, 0.3) is 10.8 Å². The minimum absolute atomic E-state index is 0.00987. The van der Waals surface area contributed by atoms with Crippen molar-refractivity contribution in [1.29, 1.82) is 5.26 Å². The number of nitriles is 1. The molecule has 4 rings (SSSR count). The fraction of sp³-hybridized carbons (Fsp3) is 0.148. The Morgan fingerprint density at radius 2 is 1.45 bits per heavy atom. The van der Waals surface area contributed by atoms with Gasteiger partial charge in [0.1, 0.15) is 36.5 Å². The average Bonchev–Trinajstić information content (AvgIpc) is 2.81. The van der Waals surface area contributed by atoms with E-state index in [-0.39, 0.29) is 6.61 Å². The summed E-state index contributed by atoms with van der Waals surface area (Å²) in [5.74, 6) is 2.16. The summed E-state index contributed by atoms with van der Waals surface area (Å²) in [6, 6.07) is 30.1. The summed E-state index contributed by atoms with van der Waals surface area (Å²) in [5.41, 5.74) is 2.99. The van der Waals surface area contributed by atoms with Crippen molar-refractivity contribution in [2.24, 2.45) is 0 Å². The summed E-state index contributed by atoms with van der Waals surface area (Å²) in [6.45, 7) is 2.79. The second kappa shape index (κ2) is 9.69. The normalized spacial score (nSPS) is 10.5. The van der Waals surface area contributed by atoms with Gasteiger partial charge in [0, 0.05) is 11.6 Å². The van der Waals surface area contributed by atoms with E-state index in [9.17, 15) is 0 Å². The Morgan fingerprint density at radius 3 is 2.26 bits per heavy atom. The zero-order chi connectivity index (χ0) is 21.5. The Balaban J connectivity index is 1.40. The van der Waals surface area contributed by atoms with Crippen molar-refractivity contribution in [3.05, 3.63) is 102 Å². The van der Waals surface area contributed by atoms with Crippen LogP contribution < -0.4 is 14.2 Å². The van der Waals surface area contributed by atoms with E-state index in [1.54, 1.807) is 0 Å². The predicted molar refractivity (Wildman–Crippen MR) is 121 cm³/mol. The van der Waals surface area contributed by atoms with Crippen LogP contribution >= 0.6 is 0 Å². The molecule has 0 unspecified atom stereocenters. The lowest BCUT2D eigenvalue weighted by molar-refractivity contribution is 0.282. The monoisotopic (exact) mass is 409 g/mol. The Labute approximate surface area is 182 Å². The largest absolute Gasteiger partial charge is 0.489 e. The summed E-state index contributed by atoms with van der Waals surface area (Å²) in [4.78, 5) is 0. The van der Waals surface area contributed by atoms with Gasteiger partial charge < -0.3 is 14.2 Å². The summed E-state index contributed by atoms with van der Waals surface area (Å²) < 4.78 is 17.5. The van der Waals surface area contributed by atoms with Gasteiger partial charge in [0.05, 0.1) is 0 Å². The number of para-hydroxylation sites is 1. The summed E-state index contributed by atoms with van der Waals surface area (Å²) in [7, 11) is 0. The fourth-order valence-corrected chi connectivity index (χ4v) is 3.45. The van der Waals surface area contributed by atoms with Gasteiger partial charge >= 0.3 is 0 Å². The van der Waals surface area contributed by atoms with Gasteiger partial charge in [-0.1, -0.05) is 60.7 Å². The maximum absolute atomic E-state index is 8.81. The second-order valence-electron chi connectivity index (χ2n) is 7.24. The SMILES string of the molecule is Cc1cccc(COc2cccc(OCc3ccc4ccccc4c3)c2)c1OCC#N. The van der Waals surface area contributed by atoms with Gasteiger partial charge in [0.15, 0.2) is 6.61 Å². The van der Waals surface area contributed by atoms with Crippen LogP contribution in [0.2, 0.25) is 0 Å². The number of aryl methyl sites for hydroxylation is 1. The Bertz CT molecular complexity index is 1230. The van der Waals surface area contributed by atoms with E-state index in [4.69, 9.17) is 19.5 Å². The summed E-state index contributed by atoms with van der Waals surface area (Å²) in [5, 5.41) is 11.2. The van der Waals surface area contributed by atoms with Gasteiger partial charge in [0.2, 0.25) is 0 Å². The molecule has 0 aliphatic heterocycles. The highest BCUT2D eigenvalue weighted by Gasteiger charge is 2.08. The molecule has 4 aromatic rings. The maximum Gasteiger partial charge on any atom is 0.174 e. The number of ether oxygens (including phenoxy) is 3. The van der Waals surface area contributed by atoms with E-state index in [1.165, 1.54) is 10.8 Å². The molecular weight excluding hydrogens is 386 g/mol. The molecule has 0 bridgehead atoms. The van der Waals surface area contributed by atoms with Crippen molar-refractivity contribution in [3.63, 3.8) is 0 Å². The van der Waals surface area contributed by atoms with Crippen molar-refractivity contribution >= 4 is 10.8 Å². The van der Waals surface area contributed by atoms with E-state index in [2.05, 4.69) is 30.3 Å². The molecule has 0 spiro atoms. The quantitative estimate of drug-likeness (QED) is 0.347. The first-order chi connectivity index (χ1) is 15.2. The highest BCUT2D eigenvalue weighted by atomic mass is 16.5.